The lowest BCUT2D eigenvalue weighted by atomic mass is 10.2. The van der Waals surface area contributed by atoms with Crippen molar-refractivity contribution < 1.29 is 9.53 Å². The van der Waals surface area contributed by atoms with Crippen LogP contribution in [0.2, 0.25) is 0 Å². The Bertz CT molecular complexity index is 689. The number of nitrogens with zero attached hydrogens (tertiary/aromatic N) is 1. The van der Waals surface area contributed by atoms with Crippen LogP contribution in [0.3, 0.4) is 0 Å². The normalized spacial score (nSPS) is 13.7. The van der Waals surface area contributed by atoms with Crippen LogP contribution in [-0.4, -0.2) is 25.6 Å². The zero-order valence-corrected chi connectivity index (χ0v) is 15.5. The van der Waals surface area contributed by atoms with Gasteiger partial charge in [0.05, 0.1) is 6.61 Å². The summed E-state index contributed by atoms with van der Waals surface area (Å²) in [6, 6.07) is 16.5. The third-order valence-corrected chi connectivity index (χ3v) is 4.74. The maximum absolute atomic E-state index is 12.0. The average Bonchev–Trinajstić information content (AvgIpc) is 3.20. The Labute approximate surface area is 156 Å². The van der Waals surface area contributed by atoms with Crippen molar-refractivity contribution >= 4 is 11.6 Å². The van der Waals surface area contributed by atoms with Crippen LogP contribution in [0.15, 0.2) is 48.5 Å². The number of carbonyl (C=O) groups excluding carboxylic acids is 1. The molecule has 0 aromatic heterocycles. The minimum absolute atomic E-state index is 0.0705. The number of anilines is 1. The standard InChI is InChI=1S/C22H28N2O2/c1-18-6-12-21(13-7-18)26-16-4-5-22(25)23-17-19-8-10-20(11-9-19)24-14-2-3-15-24/h6-13H,2-5,14-17H2,1H3,(H,23,25). The van der Waals surface area contributed by atoms with Crippen LogP contribution in [0.25, 0.3) is 0 Å². The monoisotopic (exact) mass is 352 g/mol. The molecule has 1 N–H and O–H groups in total. The number of nitrogens with one attached hydrogen (secondary N) is 1. The van der Waals surface area contributed by atoms with Gasteiger partial charge in [-0.25, -0.2) is 0 Å². The summed E-state index contributed by atoms with van der Waals surface area (Å²) in [7, 11) is 0. The molecule has 2 aromatic carbocycles. The van der Waals surface area contributed by atoms with Gasteiger partial charge in [0.1, 0.15) is 5.75 Å². The first-order valence-corrected chi connectivity index (χ1v) is 9.51. The van der Waals surface area contributed by atoms with Crippen molar-refractivity contribution in [3.05, 3.63) is 59.7 Å². The number of hydrogen-bond acceptors (Lipinski definition) is 3. The molecule has 3 rings (SSSR count). The quantitative estimate of drug-likeness (QED) is 0.728. The van der Waals surface area contributed by atoms with E-state index in [2.05, 4.69) is 34.5 Å². The van der Waals surface area contributed by atoms with Gasteiger partial charge in [0, 0.05) is 31.7 Å². The van der Waals surface area contributed by atoms with Crippen LogP contribution in [0.4, 0.5) is 5.69 Å². The van der Waals surface area contributed by atoms with E-state index in [1.807, 2.05) is 31.2 Å². The third-order valence-electron chi connectivity index (χ3n) is 4.74. The van der Waals surface area contributed by atoms with Crippen LogP contribution in [0, 0.1) is 6.92 Å². The highest BCUT2D eigenvalue weighted by Crippen LogP contribution is 2.20. The molecule has 26 heavy (non-hydrogen) atoms. The van der Waals surface area contributed by atoms with E-state index >= 15 is 0 Å². The molecule has 1 aliphatic rings. The van der Waals surface area contributed by atoms with Gasteiger partial charge in [-0.15, -0.1) is 0 Å². The maximum Gasteiger partial charge on any atom is 0.220 e. The van der Waals surface area contributed by atoms with Gasteiger partial charge in [0.15, 0.2) is 0 Å². The summed E-state index contributed by atoms with van der Waals surface area (Å²) in [5.41, 5.74) is 3.63. The smallest absolute Gasteiger partial charge is 0.220 e. The van der Waals surface area contributed by atoms with Crippen molar-refractivity contribution in [1.29, 1.82) is 0 Å². The van der Waals surface area contributed by atoms with Gasteiger partial charge in [0.25, 0.3) is 0 Å². The van der Waals surface area contributed by atoms with Gasteiger partial charge < -0.3 is 15.0 Å². The maximum atomic E-state index is 12.0. The van der Waals surface area contributed by atoms with Crippen molar-refractivity contribution in [2.24, 2.45) is 0 Å². The molecule has 0 bridgehead atoms. The zero-order chi connectivity index (χ0) is 18.2. The van der Waals surface area contributed by atoms with Crippen molar-refractivity contribution in [3.63, 3.8) is 0 Å². The molecule has 1 fully saturated rings. The number of rotatable bonds is 8. The Morgan fingerprint density at radius 3 is 2.42 bits per heavy atom. The van der Waals surface area contributed by atoms with E-state index in [1.54, 1.807) is 0 Å². The Kier molecular flexibility index (Phi) is 6.53. The molecule has 2 aromatic rings. The van der Waals surface area contributed by atoms with E-state index in [9.17, 15) is 4.79 Å². The SMILES string of the molecule is Cc1ccc(OCCCC(=O)NCc2ccc(N3CCCC3)cc2)cc1. The van der Waals surface area contributed by atoms with Crippen LogP contribution in [-0.2, 0) is 11.3 Å². The van der Waals surface area contributed by atoms with Gasteiger partial charge in [0.2, 0.25) is 5.91 Å². The minimum atomic E-state index is 0.0705. The number of amides is 1. The Balaban J connectivity index is 1.32. The molecule has 1 saturated heterocycles. The summed E-state index contributed by atoms with van der Waals surface area (Å²) in [6.07, 6.45) is 3.77. The van der Waals surface area contributed by atoms with Crippen molar-refractivity contribution in [2.75, 3.05) is 24.6 Å². The predicted octanol–water partition coefficient (Wildman–Crippen LogP) is 4.07. The number of benzene rings is 2. The first kappa shape index (κ1) is 18.3. The number of ether oxygens (including phenoxy) is 1. The van der Waals surface area contributed by atoms with Crippen LogP contribution in [0.1, 0.15) is 36.8 Å². The Morgan fingerprint density at radius 2 is 1.73 bits per heavy atom. The molecule has 0 atom stereocenters. The second kappa shape index (κ2) is 9.27. The first-order chi connectivity index (χ1) is 12.7. The molecule has 4 nitrogen and oxygen atoms in total. The van der Waals surface area contributed by atoms with Gasteiger partial charge in [-0.2, -0.15) is 0 Å². The van der Waals surface area contributed by atoms with E-state index in [-0.39, 0.29) is 5.91 Å². The predicted molar refractivity (Wildman–Crippen MR) is 106 cm³/mol. The van der Waals surface area contributed by atoms with Gasteiger partial charge >= 0.3 is 0 Å². The highest BCUT2D eigenvalue weighted by atomic mass is 16.5. The molecular formula is C22H28N2O2. The fraction of sp³-hybridized carbons (Fsp3) is 0.409. The number of hydrogen-bond donors (Lipinski definition) is 1. The molecule has 1 amide bonds. The van der Waals surface area contributed by atoms with E-state index < -0.39 is 0 Å². The molecule has 138 valence electrons. The molecule has 0 aliphatic carbocycles. The summed E-state index contributed by atoms with van der Waals surface area (Å²) >= 11 is 0. The fourth-order valence-corrected chi connectivity index (χ4v) is 3.15. The zero-order valence-electron chi connectivity index (χ0n) is 15.5. The number of aryl methyl sites for hydroxylation is 1. The third kappa shape index (κ3) is 5.51. The second-order valence-electron chi connectivity index (χ2n) is 6.90. The van der Waals surface area contributed by atoms with Crippen molar-refractivity contribution in [2.45, 2.75) is 39.2 Å². The van der Waals surface area contributed by atoms with Gasteiger partial charge in [-0.05, 0) is 56.0 Å². The average molecular weight is 352 g/mol. The molecule has 1 aliphatic heterocycles. The lowest BCUT2D eigenvalue weighted by molar-refractivity contribution is -0.121. The molecule has 0 radical (unpaired) electrons. The van der Waals surface area contributed by atoms with E-state index in [0.717, 1.165) is 24.4 Å². The van der Waals surface area contributed by atoms with Gasteiger partial charge in [-0.3, -0.25) is 4.79 Å². The van der Waals surface area contributed by atoms with Crippen molar-refractivity contribution in [3.8, 4) is 5.75 Å². The van der Waals surface area contributed by atoms with E-state index in [4.69, 9.17) is 4.74 Å². The largest absolute Gasteiger partial charge is 0.494 e. The molecule has 1 heterocycles. The molecule has 0 unspecified atom stereocenters. The van der Waals surface area contributed by atoms with Crippen LogP contribution < -0.4 is 15.0 Å². The molecule has 0 saturated carbocycles. The van der Waals surface area contributed by atoms with E-state index in [0.29, 0.717) is 26.0 Å². The van der Waals surface area contributed by atoms with Crippen LogP contribution >= 0.6 is 0 Å². The Morgan fingerprint density at radius 1 is 1.04 bits per heavy atom. The topological polar surface area (TPSA) is 41.6 Å². The van der Waals surface area contributed by atoms with Crippen LogP contribution in [0.5, 0.6) is 5.75 Å². The lowest BCUT2D eigenvalue weighted by Gasteiger charge is -2.17. The van der Waals surface area contributed by atoms with Gasteiger partial charge in [-0.1, -0.05) is 29.8 Å². The lowest BCUT2D eigenvalue weighted by Crippen LogP contribution is -2.23. The molecular weight excluding hydrogens is 324 g/mol. The summed E-state index contributed by atoms with van der Waals surface area (Å²) in [6.45, 7) is 5.49. The summed E-state index contributed by atoms with van der Waals surface area (Å²) in [5, 5.41) is 2.99. The highest BCUT2D eigenvalue weighted by molar-refractivity contribution is 5.75. The number of carbonyl (C=O) groups is 1. The van der Waals surface area contributed by atoms with E-state index in [1.165, 1.54) is 24.1 Å². The summed E-state index contributed by atoms with van der Waals surface area (Å²) in [4.78, 5) is 14.4. The minimum Gasteiger partial charge on any atom is -0.494 e. The Hall–Kier alpha value is -2.49. The summed E-state index contributed by atoms with van der Waals surface area (Å²) < 4.78 is 5.65. The van der Waals surface area contributed by atoms with Crippen molar-refractivity contribution in [1.82, 2.24) is 5.32 Å². The molecule has 0 spiro atoms. The summed E-state index contributed by atoms with van der Waals surface area (Å²) in [5.74, 6) is 0.926. The first-order valence-electron chi connectivity index (χ1n) is 9.51. The molecule has 4 heteroatoms. The highest BCUT2D eigenvalue weighted by Gasteiger charge is 2.11. The second-order valence-corrected chi connectivity index (χ2v) is 6.90. The fourth-order valence-electron chi connectivity index (χ4n) is 3.15.